The van der Waals surface area contributed by atoms with Gasteiger partial charge in [-0.2, -0.15) is 0 Å². The number of aryl methyl sites for hydroxylation is 1. The predicted octanol–water partition coefficient (Wildman–Crippen LogP) is 2.05. The lowest BCUT2D eigenvalue weighted by Gasteiger charge is -2.11. The molecular weight excluding hydrogens is 347 g/mol. The van der Waals surface area contributed by atoms with Crippen LogP contribution in [0.3, 0.4) is 0 Å². The number of anilines is 1. The first kappa shape index (κ1) is 18.9. The molecule has 0 unspecified atom stereocenters. The lowest BCUT2D eigenvalue weighted by atomic mass is 10.1. The van der Waals surface area contributed by atoms with E-state index < -0.39 is 21.7 Å². The lowest BCUT2D eigenvalue weighted by molar-refractivity contribution is 0.0950. The molecule has 0 heterocycles. The summed E-state index contributed by atoms with van der Waals surface area (Å²) in [6.07, 6.45) is 0.412. The van der Waals surface area contributed by atoms with Gasteiger partial charge < -0.3 is 10.4 Å². The van der Waals surface area contributed by atoms with Crippen LogP contribution in [0.15, 0.2) is 47.4 Å². The van der Waals surface area contributed by atoms with Gasteiger partial charge in [-0.3, -0.25) is 9.52 Å². The van der Waals surface area contributed by atoms with Gasteiger partial charge in [-0.25, -0.2) is 12.8 Å². The van der Waals surface area contributed by atoms with Gasteiger partial charge in [0.2, 0.25) is 0 Å². The summed E-state index contributed by atoms with van der Waals surface area (Å²) in [5, 5.41) is 11.4. The highest BCUT2D eigenvalue weighted by molar-refractivity contribution is 7.92. The van der Waals surface area contributed by atoms with Gasteiger partial charge in [0.25, 0.3) is 15.9 Å². The minimum absolute atomic E-state index is 0.0464. The molecule has 0 spiro atoms. The van der Waals surface area contributed by atoms with Crippen LogP contribution >= 0.6 is 0 Å². The van der Waals surface area contributed by atoms with E-state index in [9.17, 15) is 17.6 Å². The number of halogens is 1. The first-order valence-electron chi connectivity index (χ1n) is 7.61. The minimum atomic E-state index is -3.92. The second-order valence-electron chi connectivity index (χ2n) is 5.42. The van der Waals surface area contributed by atoms with Crippen LogP contribution in [0, 0.1) is 12.7 Å². The first-order chi connectivity index (χ1) is 11.8. The molecule has 0 aliphatic heterocycles. The zero-order chi connectivity index (χ0) is 18.4. The molecule has 0 saturated carbocycles. The fraction of sp³-hybridized carbons (Fsp3) is 0.235. The predicted molar refractivity (Wildman–Crippen MR) is 92.4 cm³/mol. The van der Waals surface area contributed by atoms with Crippen molar-refractivity contribution in [2.75, 3.05) is 17.9 Å². The Hall–Kier alpha value is -2.45. The van der Waals surface area contributed by atoms with Crippen LogP contribution in [0.25, 0.3) is 0 Å². The van der Waals surface area contributed by atoms with Crippen LogP contribution in [0.5, 0.6) is 0 Å². The Bertz CT molecular complexity index is 851. The standard InChI is InChI=1S/C17H19FN2O4S/c1-12-3-8-15(11-16(12)17(22)19-9-2-10-21)25(23,24)20-14-6-4-13(18)5-7-14/h3-8,11,20-21H,2,9-10H2,1H3,(H,19,22). The second-order valence-corrected chi connectivity index (χ2v) is 7.10. The number of aliphatic hydroxyl groups is 1. The van der Waals surface area contributed by atoms with Crippen molar-refractivity contribution in [3.05, 3.63) is 59.4 Å². The summed E-state index contributed by atoms with van der Waals surface area (Å²) < 4.78 is 40.2. The van der Waals surface area contributed by atoms with E-state index in [1.807, 2.05) is 0 Å². The maximum absolute atomic E-state index is 12.9. The quantitative estimate of drug-likeness (QED) is 0.654. The molecule has 2 aromatic carbocycles. The molecule has 0 aromatic heterocycles. The van der Waals surface area contributed by atoms with Crippen molar-refractivity contribution in [2.45, 2.75) is 18.2 Å². The SMILES string of the molecule is Cc1ccc(S(=O)(=O)Nc2ccc(F)cc2)cc1C(=O)NCCCO. The molecule has 0 atom stereocenters. The zero-order valence-electron chi connectivity index (χ0n) is 13.6. The van der Waals surface area contributed by atoms with E-state index in [1.165, 1.54) is 24.3 Å². The van der Waals surface area contributed by atoms with Crippen molar-refractivity contribution in [1.29, 1.82) is 0 Å². The molecule has 8 heteroatoms. The topological polar surface area (TPSA) is 95.5 Å². The second kappa shape index (κ2) is 8.09. The average molecular weight is 366 g/mol. The number of nitrogens with one attached hydrogen (secondary N) is 2. The van der Waals surface area contributed by atoms with Crippen LogP contribution in [0.1, 0.15) is 22.3 Å². The minimum Gasteiger partial charge on any atom is -0.396 e. The fourth-order valence-corrected chi connectivity index (χ4v) is 3.21. The normalized spacial score (nSPS) is 11.2. The summed E-state index contributed by atoms with van der Waals surface area (Å²) in [4.78, 5) is 12.1. The molecule has 6 nitrogen and oxygen atoms in total. The number of hydrogen-bond acceptors (Lipinski definition) is 4. The van der Waals surface area contributed by atoms with Gasteiger partial charge in [-0.05, 0) is 55.3 Å². The fourth-order valence-electron chi connectivity index (χ4n) is 2.12. The third-order valence-corrected chi connectivity index (χ3v) is 4.86. The van der Waals surface area contributed by atoms with Gasteiger partial charge in [0, 0.05) is 24.4 Å². The molecule has 0 aliphatic carbocycles. The van der Waals surface area contributed by atoms with Crippen LogP contribution in [0.4, 0.5) is 10.1 Å². The van der Waals surface area contributed by atoms with Gasteiger partial charge in [-0.1, -0.05) is 6.07 Å². The van der Waals surface area contributed by atoms with Crippen molar-refractivity contribution >= 4 is 21.6 Å². The Balaban J connectivity index is 2.24. The largest absolute Gasteiger partial charge is 0.396 e. The van der Waals surface area contributed by atoms with Crippen molar-refractivity contribution < 1.29 is 22.7 Å². The number of carbonyl (C=O) groups is 1. The number of aliphatic hydroxyl groups excluding tert-OH is 1. The van der Waals surface area contributed by atoms with Crippen molar-refractivity contribution in [3.8, 4) is 0 Å². The van der Waals surface area contributed by atoms with E-state index in [4.69, 9.17) is 5.11 Å². The van der Waals surface area contributed by atoms with Crippen LogP contribution in [0.2, 0.25) is 0 Å². The van der Waals surface area contributed by atoms with E-state index in [-0.39, 0.29) is 22.8 Å². The van der Waals surface area contributed by atoms with Gasteiger partial charge >= 0.3 is 0 Å². The van der Waals surface area contributed by atoms with E-state index in [0.29, 0.717) is 18.5 Å². The smallest absolute Gasteiger partial charge is 0.261 e. The van der Waals surface area contributed by atoms with Crippen molar-refractivity contribution in [3.63, 3.8) is 0 Å². The molecule has 0 aliphatic rings. The molecule has 2 aromatic rings. The van der Waals surface area contributed by atoms with Crippen LogP contribution < -0.4 is 10.0 Å². The summed E-state index contributed by atoms with van der Waals surface area (Å²) in [6, 6.07) is 9.13. The number of carbonyl (C=O) groups excluding carboxylic acids is 1. The Morgan fingerprint density at radius 3 is 2.48 bits per heavy atom. The summed E-state index contributed by atoms with van der Waals surface area (Å²) in [7, 11) is -3.92. The third kappa shape index (κ3) is 5.01. The Kier molecular flexibility index (Phi) is 6.11. The first-order valence-corrected chi connectivity index (χ1v) is 9.10. The molecule has 0 bridgehead atoms. The van der Waals surface area contributed by atoms with E-state index >= 15 is 0 Å². The van der Waals surface area contributed by atoms with Gasteiger partial charge in [0.1, 0.15) is 5.82 Å². The van der Waals surface area contributed by atoms with Gasteiger partial charge in [0.15, 0.2) is 0 Å². The Labute approximate surface area is 145 Å². The number of sulfonamides is 1. The molecule has 0 radical (unpaired) electrons. The van der Waals surface area contributed by atoms with Gasteiger partial charge in [0.05, 0.1) is 4.90 Å². The van der Waals surface area contributed by atoms with Crippen molar-refractivity contribution in [1.82, 2.24) is 5.32 Å². The molecule has 2 rings (SSSR count). The highest BCUT2D eigenvalue weighted by atomic mass is 32.2. The maximum Gasteiger partial charge on any atom is 0.261 e. The Morgan fingerprint density at radius 2 is 1.84 bits per heavy atom. The van der Waals surface area contributed by atoms with E-state index in [0.717, 1.165) is 12.1 Å². The number of hydrogen-bond donors (Lipinski definition) is 3. The highest BCUT2D eigenvalue weighted by Gasteiger charge is 2.18. The molecule has 0 saturated heterocycles. The van der Waals surface area contributed by atoms with Crippen LogP contribution in [-0.4, -0.2) is 32.6 Å². The monoisotopic (exact) mass is 366 g/mol. The number of benzene rings is 2. The number of amides is 1. The molecule has 25 heavy (non-hydrogen) atoms. The lowest BCUT2D eigenvalue weighted by Crippen LogP contribution is -2.26. The van der Waals surface area contributed by atoms with Gasteiger partial charge in [-0.15, -0.1) is 0 Å². The number of rotatable bonds is 7. The zero-order valence-corrected chi connectivity index (χ0v) is 14.4. The van der Waals surface area contributed by atoms with Crippen LogP contribution in [-0.2, 0) is 10.0 Å². The van der Waals surface area contributed by atoms with Crippen molar-refractivity contribution in [2.24, 2.45) is 0 Å². The Morgan fingerprint density at radius 1 is 1.16 bits per heavy atom. The summed E-state index contributed by atoms with van der Waals surface area (Å²) in [6.45, 7) is 1.94. The summed E-state index contributed by atoms with van der Waals surface area (Å²) in [5.41, 5.74) is 1.08. The van der Waals surface area contributed by atoms with E-state index in [1.54, 1.807) is 13.0 Å². The molecule has 0 fully saturated rings. The molecular formula is C17H19FN2O4S. The highest BCUT2D eigenvalue weighted by Crippen LogP contribution is 2.19. The summed E-state index contributed by atoms with van der Waals surface area (Å²) in [5.74, 6) is -0.884. The molecule has 3 N–H and O–H groups in total. The maximum atomic E-state index is 12.9. The average Bonchev–Trinajstić information content (AvgIpc) is 2.57. The molecule has 1 amide bonds. The molecule has 134 valence electrons. The van der Waals surface area contributed by atoms with E-state index in [2.05, 4.69) is 10.0 Å². The third-order valence-electron chi connectivity index (χ3n) is 3.48. The summed E-state index contributed by atoms with van der Waals surface area (Å²) >= 11 is 0.